The molecule has 0 aliphatic heterocycles. The molecule has 0 amide bonds. The first-order valence-corrected chi connectivity index (χ1v) is 6.95. The third kappa shape index (κ3) is 4.06. The first kappa shape index (κ1) is 15.5. The van der Waals surface area contributed by atoms with Crippen LogP contribution in [0.3, 0.4) is 0 Å². The highest BCUT2D eigenvalue weighted by Gasteiger charge is 2.09. The van der Waals surface area contributed by atoms with Gasteiger partial charge in [0.05, 0.1) is 0 Å². The van der Waals surface area contributed by atoms with Crippen LogP contribution in [0.2, 0.25) is 0 Å². The second-order valence-electron chi connectivity index (χ2n) is 5.10. The van der Waals surface area contributed by atoms with Gasteiger partial charge in [-0.25, -0.2) is 0 Å². The second kappa shape index (κ2) is 7.24. The fourth-order valence-electron chi connectivity index (χ4n) is 2.35. The lowest BCUT2D eigenvalue weighted by atomic mass is 10.1. The van der Waals surface area contributed by atoms with Crippen molar-refractivity contribution < 1.29 is 14.0 Å². The third-order valence-corrected chi connectivity index (χ3v) is 3.16. The standard InChI is InChI=1S/C16H22N2O3/c1-11-5-13(8-17-3)6-12(2)16(11)20-9-14-7-15(10-19-4)21-18-14/h5-7,17H,8-10H2,1-4H3. The van der Waals surface area contributed by atoms with E-state index in [1.54, 1.807) is 7.11 Å². The van der Waals surface area contributed by atoms with E-state index in [1.165, 1.54) is 5.56 Å². The number of nitrogens with one attached hydrogen (secondary N) is 1. The molecule has 1 aromatic heterocycles. The molecule has 0 unspecified atom stereocenters. The van der Waals surface area contributed by atoms with Gasteiger partial charge in [-0.15, -0.1) is 0 Å². The van der Waals surface area contributed by atoms with Gasteiger partial charge in [0, 0.05) is 19.7 Å². The van der Waals surface area contributed by atoms with Crippen LogP contribution in [-0.2, 0) is 24.5 Å². The normalized spacial score (nSPS) is 10.9. The van der Waals surface area contributed by atoms with Gasteiger partial charge >= 0.3 is 0 Å². The van der Waals surface area contributed by atoms with Crippen molar-refractivity contribution in [2.24, 2.45) is 0 Å². The number of hydrogen-bond acceptors (Lipinski definition) is 5. The summed E-state index contributed by atoms with van der Waals surface area (Å²) >= 11 is 0. The van der Waals surface area contributed by atoms with E-state index in [9.17, 15) is 0 Å². The quantitative estimate of drug-likeness (QED) is 0.849. The Labute approximate surface area is 125 Å². The second-order valence-corrected chi connectivity index (χ2v) is 5.10. The number of ether oxygens (including phenoxy) is 2. The number of aryl methyl sites for hydroxylation is 2. The first-order chi connectivity index (χ1) is 10.1. The third-order valence-electron chi connectivity index (χ3n) is 3.16. The fourth-order valence-corrected chi connectivity index (χ4v) is 2.35. The summed E-state index contributed by atoms with van der Waals surface area (Å²) in [4.78, 5) is 0. The minimum atomic E-state index is 0.389. The molecule has 5 heteroatoms. The Hall–Kier alpha value is -1.85. The van der Waals surface area contributed by atoms with Gasteiger partial charge in [0.15, 0.2) is 5.76 Å². The lowest BCUT2D eigenvalue weighted by molar-refractivity contribution is 0.155. The molecule has 0 aliphatic rings. The lowest BCUT2D eigenvalue weighted by Gasteiger charge is -2.13. The Bertz CT molecular complexity index is 570. The van der Waals surface area contributed by atoms with Crippen LogP contribution >= 0.6 is 0 Å². The predicted octanol–water partition coefficient (Wildman–Crippen LogP) is 2.74. The summed E-state index contributed by atoms with van der Waals surface area (Å²) in [7, 11) is 3.56. The molecule has 2 rings (SSSR count). The summed E-state index contributed by atoms with van der Waals surface area (Å²) in [6, 6.07) is 6.12. The molecule has 114 valence electrons. The van der Waals surface area contributed by atoms with E-state index in [2.05, 4.69) is 36.5 Å². The lowest BCUT2D eigenvalue weighted by Crippen LogP contribution is -2.06. The zero-order valence-corrected chi connectivity index (χ0v) is 13.0. The van der Waals surface area contributed by atoms with Crippen molar-refractivity contribution >= 4 is 0 Å². The Morgan fingerprint density at radius 2 is 1.86 bits per heavy atom. The number of benzene rings is 1. The molecule has 5 nitrogen and oxygen atoms in total. The van der Waals surface area contributed by atoms with Gasteiger partial charge in [0.1, 0.15) is 24.7 Å². The molecular formula is C16H22N2O3. The Balaban J connectivity index is 2.05. The summed E-state index contributed by atoms with van der Waals surface area (Å²) in [5.74, 6) is 1.61. The number of aromatic nitrogens is 1. The molecule has 0 bridgehead atoms. The molecule has 0 atom stereocenters. The van der Waals surface area contributed by atoms with Crippen molar-refractivity contribution in [2.45, 2.75) is 33.6 Å². The number of hydrogen-bond donors (Lipinski definition) is 1. The largest absolute Gasteiger partial charge is 0.487 e. The van der Waals surface area contributed by atoms with E-state index in [0.717, 1.165) is 29.1 Å². The topological polar surface area (TPSA) is 56.5 Å². The monoisotopic (exact) mass is 290 g/mol. The van der Waals surface area contributed by atoms with Crippen LogP contribution < -0.4 is 10.1 Å². The summed E-state index contributed by atoms with van der Waals surface area (Å²) in [6.07, 6.45) is 0. The number of nitrogens with zero attached hydrogens (tertiary/aromatic N) is 1. The smallest absolute Gasteiger partial charge is 0.162 e. The van der Waals surface area contributed by atoms with Crippen molar-refractivity contribution in [2.75, 3.05) is 14.2 Å². The average Bonchev–Trinajstić information content (AvgIpc) is 2.86. The summed E-state index contributed by atoms with van der Waals surface area (Å²) < 4.78 is 16.0. The predicted molar refractivity (Wildman–Crippen MR) is 80.2 cm³/mol. The molecule has 0 aliphatic carbocycles. The SMILES string of the molecule is CNCc1cc(C)c(OCc2cc(COC)on2)c(C)c1. The minimum Gasteiger partial charge on any atom is -0.487 e. The summed E-state index contributed by atoms with van der Waals surface area (Å²) in [6.45, 7) is 5.77. The van der Waals surface area contributed by atoms with Gasteiger partial charge in [-0.1, -0.05) is 17.3 Å². The van der Waals surface area contributed by atoms with Crippen molar-refractivity contribution in [3.63, 3.8) is 0 Å². The molecule has 0 saturated carbocycles. The van der Waals surface area contributed by atoms with Crippen LogP contribution in [0.4, 0.5) is 0 Å². The Morgan fingerprint density at radius 1 is 1.14 bits per heavy atom. The zero-order valence-electron chi connectivity index (χ0n) is 13.0. The molecule has 0 saturated heterocycles. The first-order valence-electron chi connectivity index (χ1n) is 6.95. The van der Waals surface area contributed by atoms with Crippen LogP contribution in [-0.4, -0.2) is 19.3 Å². The minimum absolute atomic E-state index is 0.389. The van der Waals surface area contributed by atoms with E-state index in [-0.39, 0.29) is 0 Å². The highest BCUT2D eigenvalue weighted by molar-refractivity contribution is 5.43. The van der Waals surface area contributed by atoms with Crippen molar-refractivity contribution in [3.8, 4) is 5.75 Å². The van der Waals surface area contributed by atoms with Gasteiger partial charge in [-0.2, -0.15) is 0 Å². The Kier molecular flexibility index (Phi) is 5.36. The highest BCUT2D eigenvalue weighted by atomic mass is 16.5. The van der Waals surface area contributed by atoms with Crippen molar-refractivity contribution in [1.82, 2.24) is 10.5 Å². The van der Waals surface area contributed by atoms with Gasteiger partial charge in [0.25, 0.3) is 0 Å². The molecule has 1 N–H and O–H groups in total. The van der Waals surface area contributed by atoms with Gasteiger partial charge in [-0.3, -0.25) is 0 Å². The van der Waals surface area contributed by atoms with E-state index >= 15 is 0 Å². The van der Waals surface area contributed by atoms with Gasteiger partial charge < -0.3 is 19.3 Å². The van der Waals surface area contributed by atoms with Crippen LogP contribution in [0, 0.1) is 13.8 Å². The van der Waals surface area contributed by atoms with Crippen LogP contribution in [0.25, 0.3) is 0 Å². The van der Waals surface area contributed by atoms with Gasteiger partial charge in [-0.05, 0) is 37.6 Å². The maximum Gasteiger partial charge on any atom is 0.162 e. The Morgan fingerprint density at radius 3 is 2.48 bits per heavy atom. The zero-order chi connectivity index (χ0) is 15.2. The maximum absolute atomic E-state index is 5.89. The van der Waals surface area contributed by atoms with Crippen molar-refractivity contribution in [1.29, 1.82) is 0 Å². The van der Waals surface area contributed by atoms with E-state index in [0.29, 0.717) is 19.0 Å². The van der Waals surface area contributed by atoms with Gasteiger partial charge in [0.2, 0.25) is 0 Å². The van der Waals surface area contributed by atoms with Crippen LogP contribution in [0.5, 0.6) is 5.75 Å². The molecule has 0 spiro atoms. The fraction of sp³-hybridized carbons (Fsp3) is 0.438. The highest BCUT2D eigenvalue weighted by Crippen LogP contribution is 2.25. The maximum atomic E-state index is 5.89. The molecular weight excluding hydrogens is 268 g/mol. The number of rotatable bonds is 7. The van der Waals surface area contributed by atoms with Crippen LogP contribution in [0.15, 0.2) is 22.7 Å². The van der Waals surface area contributed by atoms with Crippen molar-refractivity contribution in [3.05, 3.63) is 46.3 Å². The van der Waals surface area contributed by atoms with E-state index in [1.807, 2.05) is 13.1 Å². The number of methoxy groups -OCH3 is 1. The molecule has 21 heavy (non-hydrogen) atoms. The van der Waals surface area contributed by atoms with Crippen LogP contribution in [0.1, 0.15) is 28.1 Å². The summed E-state index contributed by atoms with van der Waals surface area (Å²) in [5.41, 5.74) is 4.27. The molecule has 0 fully saturated rings. The summed E-state index contributed by atoms with van der Waals surface area (Å²) in [5, 5.41) is 7.12. The average molecular weight is 290 g/mol. The molecule has 2 aromatic rings. The molecule has 1 heterocycles. The van der Waals surface area contributed by atoms with E-state index in [4.69, 9.17) is 14.0 Å². The molecule has 0 radical (unpaired) electrons. The van der Waals surface area contributed by atoms with E-state index < -0.39 is 0 Å². The molecule has 1 aromatic carbocycles.